The molecule has 13 heavy (non-hydrogen) atoms. The van der Waals surface area contributed by atoms with Crippen LogP contribution >= 0.6 is 11.3 Å². The van der Waals surface area contributed by atoms with E-state index in [0.29, 0.717) is 0 Å². The van der Waals surface area contributed by atoms with Crippen molar-refractivity contribution in [1.82, 2.24) is 9.88 Å². The van der Waals surface area contributed by atoms with E-state index in [-0.39, 0.29) is 0 Å². The van der Waals surface area contributed by atoms with Gasteiger partial charge in [0.1, 0.15) is 0 Å². The highest BCUT2D eigenvalue weighted by atomic mass is 32.1. The fourth-order valence-corrected chi connectivity index (χ4v) is 2.46. The first-order valence-corrected chi connectivity index (χ1v) is 5.88. The monoisotopic (exact) mass is 196 g/mol. The van der Waals surface area contributed by atoms with Crippen molar-refractivity contribution in [3.05, 3.63) is 16.6 Å². The largest absolute Gasteiger partial charge is 0.303 e. The van der Waals surface area contributed by atoms with Crippen LogP contribution < -0.4 is 0 Å². The number of rotatable bonds is 3. The van der Waals surface area contributed by atoms with Gasteiger partial charge in [-0.3, -0.25) is 0 Å². The number of nitrogens with zero attached hydrogens (tertiary/aromatic N) is 2. The molecule has 2 nitrogen and oxygen atoms in total. The number of hydrogen-bond donors (Lipinski definition) is 0. The van der Waals surface area contributed by atoms with Crippen molar-refractivity contribution in [2.75, 3.05) is 19.6 Å². The molecule has 2 heterocycles. The van der Waals surface area contributed by atoms with Crippen molar-refractivity contribution in [3.63, 3.8) is 0 Å². The molecular formula is C10H16N2S. The second kappa shape index (κ2) is 4.20. The summed E-state index contributed by atoms with van der Waals surface area (Å²) < 4.78 is 0. The van der Waals surface area contributed by atoms with Crippen LogP contribution in [-0.2, 0) is 6.42 Å². The van der Waals surface area contributed by atoms with E-state index >= 15 is 0 Å². The van der Waals surface area contributed by atoms with Crippen LogP contribution in [0, 0.1) is 5.92 Å². The molecule has 1 aromatic rings. The number of hydrogen-bond acceptors (Lipinski definition) is 3. The Labute approximate surface area is 83.6 Å². The quantitative estimate of drug-likeness (QED) is 0.735. The van der Waals surface area contributed by atoms with Crippen molar-refractivity contribution in [2.24, 2.45) is 5.92 Å². The standard InChI is InChI=1S/C10H16N2S/c1-9-2-4-12(6-9)5-3-10-7-13-8-11-10/h7-9H,2-6H2,1H3. The second-order valence-electron chi connectivity index (χ2n) is 3.92. The predicted octanol–water partition coefficient (Wildman–Crippen LogP) is 2.03. The van der Waals surface area contributed by atoms with Gasteiger partial charge in [0.05, 0.1) is 11.2 Å². The van der Waals surface area contributed by atoms with Gasteiger partial charge in [0.2, 0.25) is 0 Å². The molecule has 1 atom stereocenters. The molecule has 0 aromatic carbocycles. The maximum absolute atomic E-state index is 4.29. The summed E-state index contributed by atoms with van der Waals surface area (Å²) in [4.78, 5) is 6.83. The average molecular weight is 196 g/mol. The minimum atomic E-state index is 0.899. The zero-order chi connectivity index (χ0) is 9.10. The first kappa shape index (κ1) is 9.16. The summed E-state index contributed by atoms with van der Waals surface area (Å²) in [6.45, 7) is 6.09. The SMILES string of the molecule is CC1CCN(CCc2cscn2)C1. The molecule has 0 spiro atoms. The zero-order valence-electron chi connectivity index (χ0n) is 8.07. The molecule has 2 rings (SSSR count). The first-order valence-electron chi connectivity index (χ1n) is 4.94. The summed E-state index contributed by atoms with van der Waals surface area (Å²) in [7, 11) is 0. The molecule has 0 aliphatic carbocycles. The first-order chi connectivity index (χ1) is 6.34. The molecule has 3 heteroatoms. The van der Waals surface area contributed by atoms with Crippen molar-refractivity contribution < 1.29 is 0 Å². The zero-order valence-corrected chi connectivity index (χ0v) is 8.89. The van der Waals surface area contributed by atoms with Crippen LogP contribution in [0.25, 0.3) is 0 Å². The third-order valence-corrected chi connectivity index (χ3v) is 3.31. The van der Waals surface area contributed by atoms with Gasteiger partial charge in [-0.2, -0.15) is 0 Å². The summed E-state index contributed by atoms with van der Waals surface area (Å²) in [5, 5.41) is 2.15. The molecule has 0 N–H and O–H groups in total. The summed E-state index contributed by atoms with van der Waals surface area (Å²) >= 11 is 1.69. The van der Waals surface area contributed by atoms with Crippen LogP contribution in [0.4, 0.5) is 0 Å². The Kier molecular flexibility index (Phi) is 2.96. The Morgan fingerprint density at radius 1 is 1.69 bits per heavy atom. The highest BCUT2D eigenvalue weighted by Gasteiger charge is 2.17. The molecule has 1 aliphatic heterocycles. The van der Waals surface area contributed by atoms with Crippen LogP contribution in [0.5, 0.6) is 0 Å². The van der Waals surface area contributed by atoms with Gasteiger partial charge in [0, 0.05) is 24.9 Å². The van der Waals surface area contributed by atoms with Gasteiger partial charge < -0.3 is 4.90 Å². The highest BCUT2D eigenvalue weighted by Crippen LogP contribution is 2.15. The third kappa shape index (κ3) is 2.51. The molecule has 72 valence electrons. The minimum Gasteiger partial charge on any atom is -0.303 e. The molecular weight excluding hydrogens is 180 g/mol. The molecule has 1 unspecified atom stereocenters. The lowest BCUT2D eigenvalue weighted by molar-refractivity contribution is 0.331. The van der Waals surface area contributed by atoms with E-state index in [4.69, 9.17) is 0 Å². The summed E-state index contributed by atoms with van der Waals surface area (Å²) in [6, 6.07) is 0. The fraction of sp³-hybridized carbons (Fsp3) is 0.700. The van der Waals surface area contributed by atoms with E-state index in [0.717, 1.165) is 12.3 Å². The molecule has 0 bridgehead atoms. The smallest absolute Gasteiger partial charge is 0.0794 e. The number of likely N-dealkylation sites (tertiary alicyclic amines) is 1. The van der Waals surface area contributed by atoms with Crippen LogP contribution in [0.3, 0.4) is 0 Å². The normalized spacial score (nSPS) is 23.9. The lowest BCUT2D eigenvalue weighted by Gasteiger charge is -2.13. The van der Waals surface area contributed by atoms with Crippen LogP contribution in [0.2, 0.25) is 0 Å². The van der Waals surface area contributed by atoms with Gasteiger partial charge >= 0.3 is 0 Å². The Morgan fingerprint density at radius 3 is 3.23 bits per heavy atom. The molecule has 1 saturated heterocycles. The Balaban J connectivity index is 1.74. The van der Waals surface area contributed by atoms with E-state index in [9.17, 15) is 0 Å². The van der Waals surface area contributed by atoms with Crippen LogP contribution in [0.15, 0.2) is 10.9 Å². The third-order valence-electron chi connectivity index (χ3n) is 2.68. The van der Waals surface area contributed by atoms with Gasteiger partial charge in [-0.15, -0.1) is 11.3 Å². The highest BCUT2D eigenvalue weighted by molar-refractivity contribution is 7.07. The van der Waals surface area contributed by atoms with Crippen molar-refractivity contribution in [2.45, 2.75) is 19.8 Å². The van der Waals surface area contributed by atoms with E-state index < -0.39 is 0 Å². The van der Waals surface area contributed by atoms with Crippen molar-refractivity contribution in [1.29, 1.82) is 0 Å². The summed E-state index contributed by atoms with van der Waals surface area (Å²) in [5.74, 6) is 0.899. The Morgan fingerprint density at radius 2 is 2.62 bits per heavy atom. The maximum Gasteiger partial charge on any atom is 0.0794 e. The van der Waals surface area contributed by atoms with Gasteiger partial charge in [0.25, 0.3) is 0 Å². The average Bonchev–Trinajstić information content (AvgIpc) is 2.71. The van der Waals surface area contributed by atoms with Gasteiger partial charge in [-0.05, 0) is 18.9 Å². The number of thiazole rings is 1. The van der Waals surface area contributed by atoms with Gasteiger partial charge in [-0.25, -0.2) is 4.98 Å². The van der Waals surface area contributed by atoms with Gasteiger partial charge in [0.15, 0.2) is 0 Å². The van der Waals surface area contributed by atoms with Crippen LogP contribution in [0.1, 0.15) is 19.0 Å². The predicted molar refractivity (Wildman–Crippen MR) is 56.0 cm³/mol. The van der Waals surface area contributed by atoms with E-state index in [1.54, 1.807) is 11.3 Å². The molecule has 1 aromatic heterocycles. The molecule has 0 amide bonds. The minimum absolute atomic E-state index is 0.899. The van der Waals surface area contributed by atoms with Crippen molar-refractivity contribution >= 4 is 11.3 Å². The van der Waals surface area contributed by atoms with Crippen LogP contribution in [-0.4, -0.2) is 29.5 Å². The molecule has 1 fully saturated rings. The molecule has 0 radical (unpaired) electrons. The topological polar surface area (TPSA) is 16.1 Å². The van der Waals surface area contributed by atoms with Gasteiger partial charge in [-0.1, -0.05) is 6.92 Å². The van der Waals surface area contributed by atoms with E-state index in [2.05, 4.69) is 22.2 Å². The number of aromatic nitrogens is 1. The van der Waals surface area contributed by atoms with E-state index in [1.165, 1.54) is 31.7 Å². The maximum atomic E-state index is 4.29. The Bertz CT molecular complexity index is 245. The van der Waals surface area contributed by atoms with Crippen molar-refractivity contribution in [3.8, 4) is 0 Å². The lowest BCUT2D eigenvalue weighted by Crippen LogP contribution is -2.23. The fourth-order valence-electron chi connectivity index (χ4n) is 1.86. The lowest BCUT2D eigenvalue weighted by atomic mass is 10.2. The molecule has 0 saturated carbocycles. The summed E-state index contributed by atoms with van der Waals surface area (Å²) in [5.41, 5.74) is 3.17. The second-order valence-corrected chi connectivity index (χ2v) is 4.64. The summed E-state index contributed by atoms with van der Waals surface area (Å²) in [6.07, 6.45) is 2.49. The Hall–Kier alpha value is -0.410. The van der Waals surface area contributed by atoms with E-state index in [1.807, 2.05) is 5.51 Å². The molecule has 1 aliphatic rings.